The Kier molecular flexibility index (Phi) is 5.76. The number of benzene rings is 2. The van der Waals surface area contributed by atoms with Crippen LogP contribution < -0.4 is 5.32 Å². The van der Waals surface area contributed by atoms with E-state index in [0.717, 1.165) is 23.9 Å². The van der Waals surface area contributed by atoms with Gasteiger partial charge in [0.2, 0.25) is 5.91 Å². The van der Waals surface area contributed by atoms with Gasteiger partial charge in [0.25, 0.3) is 5.91 Å². The van der Waals surface area contributed by atoms with Gasteiger partial charge in [-0.2, -0.15) is 0 Å². The number of nitrogens with one attached hydrogen (secondary N) is 1. The Labute approximate surface area is 191 Å². The minimum absolute atomic E-state index is 0.0484. The number of halogens is 1. The highest BCUT2D eigenvalue weighted by molar-refractivity contribution is 5.97. The standard InChI is InChI=1S/C25H25FN4O3/c26-18-5-3-4-17(14-18)25(8-1-2-9-25)24(32)30-12-13-33-22(16-30)23(31)29-19-6-7-20-21(15-19)28-11-10-27-20/h3-7,10-11,14-15,22H,1-2,8-9,12-13,16H2,(H,29,31)/t22-/m1/s1. The first-order chi connectivity index (χ1) is 16.0. The summed E-state index contributed by atoms with van der Waals surface area (Å²) in [4.78, 5) is 36.8. The van der Waals surface area contributed by atoms with Crippen LogP contribution in [0.3, 0.4) is 0 Å². The topological polar surface area (TPSA) is 84.4 Å². The fraction of sp³-hybridized carbons (Fsp3) is 0.360. The van der Waals surface area contributed by atoms with Crippen LogP contribution in [-0.2, 0) is 19.7 Å². The molecule has 5 rings (SSSR count). The summed E-state index contributed by atoms with van der Waals surface area (Å²) in [6.07, 6.45) is 5.62. The Morgan fingerprint density at radius 2 is 1.85 bits per heavy atom. The molecule has 2 aromatic carbocycles. The van der Waals surface area contributed by atoms with Crippen LogP contribution in [-0.4, -0.2) is 52.5 Å². The molecule has 8 heteroatoms. The van der Waals surface area contributed by atoms with Gasteiger partial charge in [0.15, 0.2) is 6.10 Å². The first kappa shape index (κ1) is 21.5. The first-order valence-corrected chi connectivity index (χ1v) is 11.2. The highest BCUT2D eigenvalue weighted by atomic mass is 19.1. The van der Waals surface area contributed by atoms with Gasteiger partial charge in [-0.25, -0.2) is 4.39 Å². The van der Waals surface area contributed by atoms with Crippen molar-refractivity contribution < 1.29 is 18.7 Å². The lowest BCUT2D eigenvalue weighted by Crippen LogP contribution is -2.54. The maximum absolute atomic E-state index is 14.0. The van der Waals surface area contributed by atoms with Crippen molar-refractivity contribution in [2.24, 2.45) is 0 Å². The van der Waals surface area contributed by atoms with E-state index >= 15 is 0 Å². The SMILES string of the molecule is O=C(Nc1ccc2nccnc2c1)[C@H]1CN(C(=O)C2(c3cccc(F)c3)CCCC2)CCO1. The highest BCUT2D eigenvalue weighted by Crippen LogP contribution is 2.43. The van der Waals surface area contributed by atoms with Gasteiger partial charge in [-0.3, -0.25) is 19.6 Å². The van der Waals surface area contributed by atoms with E-state index in [-0.39, 0.29) is 30.8 Å². The predicted octanol–water partition coefficient (Wildman–Crippen LogP) is 3.45. The molecule has 1 aliphatic heterocycles. The van der Waals surface area contributed by atoms with Crippen LogP contribution in [0.5, 0.6) is 0 Å². The molecule has 0 unspecified atom stereocenters. The van der Waals surface area contributed by atoms with E-state index in [1.54, 1.807) is 41.6 Å². The summed E-state index contributed by atoms with van der Waals surface area (Å²) in [5, 5.41) is 2.86. The summed E-state index contributed by atoms with van der Waals surface area (Å²) in [5.41, 5.74) is 1.98. The molecule has 1 saturated carbocycles. The average molecular weight is 448 g/mol. The summed E-state index contributed by atoms with van der Waals surface area (Å²) >= 11 is 0. The van der Waals surface area contributed by atoms with Crippen LogP contribution in [0.25, 0.3) is 11.0 Å². The number of morpholine rings is 1. The number of aromatic nitrogens is 2. The maximum atomic E-state index is 14.0. The molecular weight excluding hydrogens is 423 g/mol. The number of amides is 2. The Balaban J connectivity index is 1.32. The summed E-state index contributed by atoms with van der Waals surface area (Å²) in [7, 11) is 0. The molecule has 1 atom stereocenters. The molecule has 2 amide bonds. The van der Waals surface area contributed by atoms with Gasteiger partial charge in [-0.15, -0.1) is 0 Å². The zero-order chi connectivity index (χ0) is 22.8. The van der Waals surface area contributed by atoms with E-state index in [4.69, 9.17) is 4.74 Å². The molecule has 1 saturated heterocycles. The van der Waals surface area contributed by atoms with Crippen LogP contribution in [0.2, 0.25) is 0 Å². The van der Waals surface area contributed by atoms with Gasteiger partial charge in [0.1, 0.15) is 5.82 Å². The molecule has 0 bridgehead atoms. The van der Waals surface area contributed by atoms with E-state index < -0.39 is 11.5 Å². The fourth-order valence-electron chi connectivity index (χ4n) is 4.95. The van der Waals surface area contributed by atoms with E-state index in [0.29, 0.717) is 30.6 Å². The normalized spacial score (nSPS) is 20.0. The Morgan fingerprint density at radius 1 is 1.06 bits per heavy atom. The lowest BCUT2D eigenvalue weighted by molar-refractivity contribution is -0.149. The van der Waals surface area contributed by atoms with Crippen LogP contribution in [0.1, 0.15) is 31.2 Å². The average Bonchev–Trinajstić information content (AvgIpc) is 3.35. The number of fused-ring (bicyclic) bond motifs is 1. The van der Waals surface area contributed by atoms with Crippen molar-refractivity contribution in [3.8, 4) is 0 Å². The molecule has 7 nitrogen and oxygen atoms in total. The third-order valence-corrected chi connectivity index (χ3v) is 6.63. The summed E-state index contributed by atoms with van der Waals surface area (Å²) in [6, 6.07) is 11.7. The van der Waals surface area contributed by atoms with Gasteiger partial charge in [-0.1, -0.05) is 25.0 Å². The zero-order valence-electron chi connectivity index (χ0n) is 18.2. The molecular formula is C25H25FN4O3. The number of rotatable bonds is 4. The third-order valence-electron chi connectivity index (χ3n) is 6.63. The van der Waals surface area contributed by atoms with Crippen molar-refractivity contribution in [3.63, 3.8) is 0 Å². The Hall–Kier alpha value is -3.39. The molecule has 0 spiro atoms. The molecule has 2 heterocycles. The van der Waals surface area contributed by atoms with Crippen molar-refractivity contribution in [2.45, 2.75) is 37.2 Å². The maximum Gasteiger partial charge on any atom is 0.255 e. The monoisotopic (exact) mass is 448 g/mol. The number of carbonyl (C=O) groups excluding carboxylic acids is 2. The molecule has 2 aliphatic rings. The summed E-state index contributed by atoms with van der Waals surface area (Å²) in [6.45, 7) is 0.840. The van der Waals surface area contributed by atoms with Crippen molar-refractivity contribution in [1.82, 2.24) is 14.9 Å². The number of nitrogens with zero attached hydrogens (tertiary/aromatic N) is 3. The zero-order valence-corrected chi connectivity index (χ0v) is 18.2. The quantitative estimate of drug-likeness (QED) is 0.661. The second kappa shape index (κ2) is 8.86. The molecule has 1 aromatic heterocycles. The molecule has 1 N–H and O–H groups in total. The lowest BCUT2D eigenvalue weighted by Gasteiger charge is -2.39. The highest BCUT2D eigenvalue weighted by Gasteiger charge is 2.46. The summed E-state index contributed by atoms with van der Waals surface area (Å²) in [5.74, 6) is -0.708. The smallest absolute Gasteiger partial charge is 0.255 e. The summed E-state index contributed by atoms with van der Waals surface area (Å²) < 4.78 is 19.7. The van der Waals surface area contributed by atoms with E-state index in [1.165, 1.54) is 12.1 Å². The molecule has 3 aromatic rings. The second-order valence-corrected chi connectivity index (χ2v) is 8.66. The van der Waals surface area contributed by atoms with Gasteiger partial charge in [0, 0.05) is 24.6 Å². The molecule has 33 heavy (non-hydrogen) atoms. The molecule has 170 valence electrons. The first-order valence-electron chi connectivity index (χ1n) is 11.2. The Morgan fingerprint density at radius 3 is 2.64 bits per heavy atom. The largest absolute Gasteiger partial charge is 0.365 e. The number of ether oxygens (including phenoxy) is 1. The van der Waals surface area contributed by atoms with E-state index in [2.05, 4.69) is 15.3 Å². The van der Waals surface area contributed by atoms with Crippen molar-refractivity contribution in [3.05, 3.63) is 66.2 Å². The molecule has 1 aliphatic carbocycles. The van der Waals surface area contributed by atoms with Gasteiger partial charge >= 0.3 is 0 Å². The van der Waals surface area contributed by atoms with Crippen molar-refractivity contribution >= 4 is 28.5 Å². The minimum Gasteiger partial charge on any atom is -0.365 e. The van der Waals surface area contributed by atoms with Gasteiger partial charge in [0.05, 0.1) is 29.6 Å². The predicted molar refractivity (Wildman–Crippen MR) is 121 cm³/mol. The van der Waals surface area contributed by atoms with E-state index in [9.17, 15) is 14.0 Å². The van der Waals surface area contributed by atoms with Crippen LogP contribution in [0.4, 0.5) is 10.1 Å². The van der Waals surface area contributed by atoms with Crippen molar-refractivity contribution in [2.75, 3.05) is 25.0 Å². The number of hydrogen-bond donors (Lipinski definition) is 1. The number of anilines is 1. The molecule has 2 fully saturated rings. The molecule has 0 radical (unpaired) electrons. The minimum atomic E-state index is -0.786. The number of hydrogen-bond acceptors (Lipinski definition) is 5. The Bertz CT molecular complexity index is 1190. The van der Waals surface area contributed by atoms with Crippen molar-refractivity contribution in [1.29, 1.82) is 0 Å². The number of carbonyl (C=O) groups is 2. The van der Waals surface area contributed by atoms with E-state index in [1.807, 2.05) is 6.07 Å². The van der Waals surface area contributed by atoms with Gasteiger partial charge in [-0.05, 0) is 48.7 Å². The second-order valence-electron chi connectivity index (χ2n) is 8.66. The third kappa shape index (κ3) is 4.18. The van der Waals surface area contributed by atoms with Crippen LogP contribution >= 0.6 is 0 Å². The lowest BCUT2D eigenvalue weighted by atomic mass is 9.77. The van der Waals surface area contributed by atoms with Gasteiger partial charge < -0.3 is 15.0 Å². The van der Waals surface area contributed by atoms with Crippen LogP contribution in [0.15, 0.2) is 54.9 Å². The fourth-order valence-corrected chi connectivity index (χ4v) is 4.95. The van der Waals surface area contributed by atoms with Crippen LogP contribution in [0, 0.1) is 5.82 Å².